The van der Waals surface area contributed by atoms with Gasteiger partial charge in [-0.1, -0.05) is 27.2 Å². The van der Waals surface area contributed by atoms with Crippen molar-refractivity contribution in [3.63, 3.8) is 0 Å². The molecule has 0 fully saturated rings. The predicted octanol–water partition coefficient (Wildman–Crippen LogP) is 3.21. The first-order valence-corrected chi connectivity index (χ1v) is 6.55. The normalized spacial score (nSPS) is 26.0. The molecule has 0 bridgehead atoms. The molecule has 1 aliphatic rings. The van der Waals surface area contributed by atoms with Crippen LogP contribution in [0.3, 0.4) is 0 Å². The minimum Gasteiger partial charge on any atom is -0.171 e. The van der Waals surface area contributed by atoms with Crippen LogP contribution >= 0.6 is 42.8 Å². The molecule has 0 aromatic heterocycles. The summed E-state index contributed by atoms with van der Waals surface area (Å²) >= 11 is 6.58. The molecule has 0 nitrogen and oxygen atoms in total. The van der Waals surface area contributed by atoms with Crippen LogP contribution in [0.1, 0.15) is 6.42 Å². The summed E-state index contributed by atoms with van der Waals surface area (Å²) in [5, 5.41) is 0.442. The third-order valence-corrected chi connectivity index (χ3v) is 3.52. The van der Waals surface area contributed by atoms with Gasteiger partial charge < -0.3 is 0 Å². The number of rotatable bonds is 1. The fourth-order valence-corrected chi connectivity index (χ4v) is 2.11. The summed E-state index contributed by atoms with van der Waals surface area (Å²) in [4.78, 5) is 1.35. The van der Waals surface area contributed by atoms with Crippen molar-refractivity contribution in [1.29, 1.82) is 0 Å². The van der Waals surface area contributed by atoms with Gasteiger partial charge in [-0.3, -0.25) is 0 Å². The highest BCUT2D eigenvalue weighted by molar-refractivity contribution is 14.2. The number of hydrogen-bond acceptors (Lipinski definition) is 2. The van der Waals surface area contributed by atoms with Crippen LogP contribution in [-0.4, -0.2) is 5.25 Å². The van der Waals surface area contributed by atoms with Crippen LogP contribution < -0.4 is 0 Å². The van der Waals surface area contributed by atoms with Crippen molar-refractivity contribution in [1.82, 2.24) is 0 Å². The first-order valence-electron chi connectivity index (χ1n) is 2.68. The fourth-order valence-electron chi connectivity index (χ4n) is 0.647. The lowest BCUT2D eigenvalue weighted by molar-refractivity contribution is 1.06. The van der Waals surface area contributed by atoms with E-state index in [9.17, 15) is 0 Å². The lowest BCUT2D eigenvalue weighted by Gasteiger charge is -2.07. The second-order valence-electron chi connectivity index (χ2n) is 1.85. The van der Waals surface area contributed by atoms with Gasteiger partial charge in [0.2, 0.25) is 0 Å². The Labute approximate surface area is 77.2 Å². The zero-order chi connectivity index (χ0) is 6.69. The van der Waals surface area contributed by atoms with Crippen LogP contribution in [0.5, 0.6) is 0 Å². The lowest BCUT2D eigenvalue weighted by atomic mass is 10.2. The number of halogens is 1. The van der Waals surface area contributed by atoms with Crippen molar-refractivity contribution < 1.29 is 0 Å². The van der Waals surface area contributed by atoms with E-state index in [4.69, 9.17) is 0 Å². The second-order valence-corrected chi connectivity index (χ2v) is 4.46. The van der Waals surface area contributed by atoms with Gasteiger partial charge in [-0.15, -0.1) is 0 Å². The molecule has 0 saturated heterocycles. The van der Waals surface area contributed by atoms with Gasteiger partial charge in [-0.2, -0.15) is 12.6 Å². The molecule has 1 rings (SSSR count). The van der Waals surface area contributed by atoms with Crippen LogP contribution in [0.15, 0.2) is 23.1 Å². The van der Waals surface area contributed by atoms with E-state index in [0.29, 0.717) is 5.25 Å². The van der Waals surface area contributed by atoms with E-state index in [1.165, 1.54) is 4.91 Å². The summed E-state index contributed by atoms with van der Waals surface area (Å²) in [5.74, 6) is 0. The number of thiol groups is 1. The van der Waals surface area contributed by atoms with E-state index in [-0.39, 0.29) is 0 Å². The van der Waals surface area contributed by atoms with Crippen LogP contribution in [0.2, 0.25) is 0 Å². The summed E-state index contributed by atoms with van der Waals surface area (Å²) in [6.07, 6.45) is 7.54. The number of hydrogen-bond donors (Lipinski definition) is 1. The molecule has 0 heterocycles. The van der Waals surface area contributed by atoms with Gasteiger partial charge >= 0.3 is 0 Å². The first kappa shape index (κ1) is 8.01. The van der Waals surface area contributed by atoms with Crippen molar-refractivity contribution >= 4 is 42.8 Å². The summed E-state index contributed by atoms with van der Waals surface area (Å²) < 4.78 is 0. The average Bonchev–Trinajstić information content (AvgIpc) is 1.90. The van der Waals surface area contributed by atoms with Gasteiger partial charge in [-0.25, -0.2) is 0 Å². The summed E-state index contributed by atoms with van der Waals surface area (Å²) in [6, 6.07) is 0. The van der Waals surface area contributed by atoms with Gasteiger partial charge in [0, 0.05) is 31.4 Å². The minimum absolute atomic E-state index is 0.442. The van der Waals surface area contributed by atoms with Crippen molar-refractivity contribution in [2.45, 2.75) is 11.7 Å². The second kappa shape index (κ2) is 3.93. The topological polar surface area (TPSA) is 0 Å². The Morgan fingerprint density at radius 2 is 2.56 bits per heavy atom. The van der Waals surface area contributed by atoms with Crippen LogP contribution in [0.25, 0.3) is 0 Å². The third kappa shape index (κ3) is 2.55. The molecule has 9 heavy (non-hydrogen) atoms. The van der Waals surface area contributed by atoms with Gasteiger partial charge in [0.25, 0.3) is 0 Å². The van der Waals surface area contributed by atoms with Crippen LogP contribution in [0.4, 0.5) is 0 Å². The molecule has 0 aromatic rings. The summed E-state index contributed by atoms with van der Waals surface area (Å²) in [6.45, 7) is 0. The average molecular weight is 270 g/mol. The summed E-state index contributed by atoms with van der Waals surface area (Å²) in [7, 11) is 1.76. The van der Waals surface area contributed by atoms with Crippen molar-refractivity contribution in [3.8, 4) is 0 Å². The van der Waals surface area contributed by atoms with Crippen molar-refractivity contribution in [3.05, 3.63) is 23.1 Å². The fraction of sp³-hybridized carbons (Fsp3) is 0.333. The first-order chi connectivity index (χ1) is 4.33. The zero-order valence-corrected chi connectivity index (χ0v) is 8.62. The molecule has 0 N–H and O–H groups in total. The van der Waals surface area contributed by atoms with Crippen molar-refractivity contribution in [2.75, 3.05) is 0 Å². The molecule has 0 spiro atoms. The van der Waals surface area contributed by atoms with Crippen LogP contribution in [-0.2, 0) is 0 Å². The molecule has 1 aliphatic carbocycles. The highest BCUT2D eigenvalue weighted by Gasteiger charge is 2.01. The highest BCUT2D eigenvalue weighted by atomic mass is 127. The molecule has 1 atom stereocenters. The Hall–Kier alpha value is 0.910. The van der Waals surface area contributed by atoms with Gasteiger partial charge in [0.05, 0.1) is 0 Å². The lowest BCUT2D eigenvalue weighted by Crippen LogP contribution is -1.94. The Kier molecular flexibility index (Phi) is 3.50. The zero-order valence-electron chi connectivity index (χ0n) is 4.75. The Bertz CT molecular complexity index is 151. The maximum Gasteiger partial charge on any atom is 0.0235 e. The molecule has 1 unspecified atom stereocenters. The van der Waals surface area contributed by atoms with E-state index in [1.54, 1.807) is 8.93 Å². The quantitative estimate of drug-likeness (QED) is 0.564. The van der Waals surface area contributed by atoms with Crippen molar-refractivity contribution in [2.24, 2.45) is 0 Å². The third-order valence-electron chi connectivity index (χ3n) is 1.13. The largest absolute Gasteiger partial charge is 0.171 e. The SMILES string of the molecule is SC1C=CC(SI)=CC1. The Balaban J connectivity index is 2.52. The maximum atomic E-state index is 4.30. The Morgan fingerprint density at radius 3 is 3.00 bits per heavy atom. The Morgan fingerprint density at radius 1 is 1.78 bits per heavy atom. The van der Waals surface area contributed by atoms with Gasteiger partial charge in [0.15, 0.2) is 0 Å². The number of allylic oxidation sites excluding steroid dienone is 2. The van der Waals surface area contributed by atoms with E-state index in [0.717, 1.165) is 6.42 Å². The molecule has 0 aromatic carbocycles. The van der Waals surface area contributed by atoms with Gasteiger partial charge in [0.1, 0.15) is 0 Å². The van der Waals surface area contributed by atoms with E-state index >= 15 is 0 Å². The standard InChI is InChI=1S/C6H7IS2/c7-9-6-3-1-5(8)2-4-6/h1,3-5,8H,2H2. The molecule has 0 radical (unpaired) electrons. The molecular formula is C6H7IS2. The van der Waals surface area contributed by atoms with E-state index in [2.05, 4.69) is 52.1 Å². The molecule has 0 aliphatic heterocycles. The van der Waals surface area contributed by atoms with Gasteiger partial charge in [-0.05, 0) is 6.42 Å². The maximum absolute atomic E-state index is 4.30. The molecule has 3 heteroatoms. The molecule has 0 amide bonds. The van der Waals surface area contributed by atoms with Crippen LogP contribution in [0, 0.1) is 0 Å². The minimum atomic E-state index is 0.442. The van der Waals surface area contributed by atoms with E-state index in [1.807, 2.05) is 0 Å². The van der Waals surface area contributed by atoms with E-state index < -0.39 is 0 Å². The molecule has 0 saturated carbocycles. The monoisotopic (exact) mass is 270 g/mol. The molecular weight excluding hydrogens is 263 g/mol. The highest BCUT2D eigenvalue weighted by Crippen LogP contribution is 2.28. The predicted molar refractivity (Wildman–Crippen MR) is 56.2 cm³/mol. The smallest absolute Gasteiger partial charge is 0.0235 e. The summed E-state index contributed by atoms with van der Waals surface area (Å²) in [5.41, 5.74) is 0. The molecule has 50 valence electrons.